The van der Waals surface area contributed by atoms with Gasteiger partial charge in [0, 0.05) is 31.7 Å². The van der Waals surface area contributed by atoms with E-state index >= 15 is 0 Å². The summed E-state index contributed by atoms with van der Waals surface area (Å²) in [5.74, 6) is 0. The second-order valence-electron chi connectivity index (χ2n) is 6.90. The summed E-state index contributed by atoms with van der Waals surface area (Å²) in [4.78, 5) is 4.43. The minimum Gasteiger partial charge on any atom is -0.360 e. The molecule has 0 radical (unpaired) electrons. The van der Waals surface area contributed by atoms with Crippen molar-refractivity contribution in [3.8, 4) is 6.07 Å². The molecular formula is C17H20N4OSi. The highest BCUT2D eigenvalue weighted by Gasteiger charge is 2.13. The lowest BCUT2D eigenvalue weighted by atomic mass is 10.1. The average molecular weight is 324 g/mol. The maximum Gasteiger partial charge on any atom is 0.140 e. The van der Waals surface area contributed by atoms with Gasteiger partial charge in [-0.05, 0) is 18.2 Å². The van der Waals surface area contributed by atoms with Gasteiger partial charge in [-0.15, -0.1) is 0 Å². The van der Waals surface area contributed by atoms with Gasteiger partial charge in [-0.3, -0.25) is 4.98 Å². The zero-order valence-corrected chi connectivity index (χ0v) is 14.7. The number of hydrogen-bond donors (Lipinski definition) is 0. The van der Waals surface area contributed by atoms with Crippen molar-refractivity contribution < 1.29 is 4.74 Å². The number of hydrogen-bond acceptors (Lipinski definition) is 4. The predicted molar refractivity (Wildman–Crippen MR) is 93.9 cm³/mol. The van der Waals surface area contributed by atoms with Gasteiger partial charge < -0.3 is 4.74 Å². The molecule has 0 atom stereocenters. The highest BCUT2D eigenvalue weighted by molar-refractivity contribution is 6.76. The van der Waals surface area contributed by atoms with Crippen LogP contribution in [-0.2, 0) is 11.5 Å². The van der Waals surface area contributed by atoms with E-state index in [2.05, 4.69) is 35.8 Å². The summed E-state index contributed by atoms with van der Waals surface area (Å²) in [6.45, 7) is 8.19. The SMILES string of the molecule is C[Si](C)(C)CCOCn1ncc2ncc3cc(C#N)ccc3c21. The van der Waals surface area contributed by atoms with Crippen LogP contribution >= 0.6 is 0 Å². The third-order valence-electron chi connectivity index (χ3n) is 3.81. The normalized spacial score (nSPS) is 11.9. The van der Waals surface area contributed by atoms with Crippen LogP contribution in [0, 0.1) is 11.3 Å². The van der Waals surface area contributed by atoms with Crippen LogP contribution in [0.3, 0.4) is 0 Å². The van der Waals surface area contributed by atoms with E-state index in [1.807, 2.05) is 22.9 Å². The minimum atomic E-state index is -1.08. The van der Waals surface area contributed by atoms with Crippen molar-refractivity contribution in [3.63, 3.8) is 0 Å². The van der Waals surface area contributed by atoms with Crippen molar-refractivity contribution in [2.45, 2.75) is 32.4 Å². The molecular weight excluding hydrogens is 304 g/mol. The molecule has 0 unspecified atom stereocenters. The lowest BCUT2D eigenvalue weighted by Crippen LogP contribution is -2.22. The molecule has 118 valence electrons. The Morgan fingerprint density at radius 2 is 2.09 bits per heavy atom. The molecule has 0 aliphatic heterocycles. The first-order valence-electron chi connectivity index (χ1n) is 7.70. The molecule has 0 aliphatic rings. The van der Waals surface area contributed by atoms with Gasteiger partial charge in [0.2, 0.25) is 0 Å². The first-order chi connectivity index (χ1) is 11.0. The van der Waals surface area contributed by atoms with Crippen molar-refractivity contribution in [1.82, 2.24) is 14.8 Å². The van der Waals surface area contributed by atoms with E-state index in [-0.39, 0.29) is 0 Å². The van der Waals surface area contributed by atoms with Gasteiger partial charge in [-0.1, -0.05) is 25.7 Å². The molecule has 3 rings (SSSR count). The van der Waals surface area contributed by atoms with E-state index in [0.717, 1.165) is 34.5 Å². The minimum absolute atomic E-state index is 0.425. The van der Waals surface area contributed by atoms with Crippen molar-refractivity contribution >= 4 is 29.9 Å². The topological polar surface area (TPSA) is 63.7 Å². The lowest BCUT2D eigenvalue weighted by Gasteiger charge is -2.15. The zero-order valence-electron chi connectivity index (χ0n) is 13.7. The molecule has 0 spiro atoms. The fourth-order valence-electron chi connectivity index (χ4n) is 2.47. The summed E-state index contributed by atoms with van der Waals surface area (Å²) in [5, 5.41) is 15.4. The molecule has 0 aliphatic carbocycles. The Kier molecular flexibility index (Phi) is 4.16. The van der Waals surface area contributed by atoms with Gasteiger partial charge in [-0.2, -0.15) is 10.4 Å². The maximum absolute atomic E-state index is 9.03. The summed E-state index contributed by atoms with van der Waals surface area (Å²) in [6.07, 6.45) is 3.55. The van der Waals surface area contributed by atoms with Crippen molar-refractivity contribution in [3.05, 3.63) is 36.2 Å². The third-order valence-corrected chi connectivity index (χ3v) is 5.51. The maximum atomic E-state index is 9.03. The highest BCUT2D eigenvalue weighted by atomic mass is 28.3. The molecule has 0 saturated heterocycles. The first-order valence-corrected chi connectivity index (χ1v) is 11.4. The van der Waals surface area contributed by atoms with Crippen LogP contribution < -0.4 is 0 Å². The molecule has 5 nitrogen and oxygen atoms in total. The van der Waals surface area contributed by atoms with Gasteiger partial charge in [0.15, 0.2) is 0 Å². The molecule has 0 bridgehead atoms. The number of nitrogens with zero attached hydrogens (tertiary/aromatic N) is 4. The molecule has 2 heterocycles. The Morgan fingerprint density at radius 3 is 2.83 bits per heavy atom. The monoisotopic (exact) mass is 324 g/mol. The smallest absolute Gasteiger partial charge is 0.140 e. The van der Waals surface area contributed by atoms with Gasteiger partial charge in [0.25, 0.3) is 0 Å². The number of nitriles is 1. The summed E-state index contributed by atoms with van der Waals surface area (Å²) >= 11 is 0. The van der Waals surface area contributed by atoms with Crippen LogP contribution in [0.15, 0.2) is 30.6 Å². The van der Waals surface area contributed by atoms with Crippen LogP contribution in [0.4, 0.5) is 0 Å². The van der Waals surface area contributed by atoms with Gasteiger partial charge in [-0.25, -0.2) is 4.68 Å². The Bertz CT molecular complexity index is 889. The number of benzene rings is 1. The Morgan fingerprint density at radius 1 is 1.26 bits per heavy atom. The molecule has 0 amide bonds. The van der Waals surface area contributed by atoms with E-state index in [1.54, 1.807) is 12.4 Å². The van der Waals surface area contributed by atoms with Gasteiger partial charge in [0.05, 0.1) is 23.3 Å². The van der Waals surface area contributed by atoms with E-state index in [1.165, 1.54) is 0 Å². The number of rotatable bonds is 5. The van der Waals surface area contributed by atoms with Crippen LogP contribution in [0.2, 0.25) is 25.7 Å². The fraction of sp³-hybridized carbons (Fsp3) is 0.353. The Balaban J connectivity index is 1.89. The van der Waals surface area contributed by atoms with Crippen molar-refractivity contribution in [2.24, 2.45) is 0 Å². The van der Waals surface area contributed by atoms with Crippen molar-refractivity contribution in [1.29, 1.82) is 5.26 Å². The number of aromatic nitrogens is 3. The first kappa shape index (κ1) is 15.7. The zero-order chi connectivity index (χ0) is 16.4. The van der Waals surface area contributed by atoms with E-state index in [9.17, 15) is 0 Å². The molecule has 0 fully saturated rings. The molecule has 23 heavy (non-hydrogen) atoms. The third kappa shape index (κ3) is 3.41. The van der Waals surface area contributed by atoms with Gasteiger partial charge >= 0.3 is 0 Å². The molecule has 3 aromatic rings. The molecule has 0 saturated carbocycles. The summed E-state index contributed by atoms with van der Waals surface area (Å²) < 4.78 is 7.66. The average Bonchev–Trinajstić information content (AvgIpc) is 2.93. The number of ether oxygens (including phenoxy) is 1. The van der Waals surface area contributed by atoms with E-state index in [4.69, 9.17) is 10.00 Å². The van der Waals surface area contributed by atoms with Crippen molar-refractivity contribution in [2.75, 3.05) is 6.61 Å². The van der Waals surface area contributed by atoms with Crippen LogP contribution in [0.5, 0.6) is 0 Å². The lowest BCUT2D eigenvalue weighted by molar-refractivity contribution is 0.0818. The predicted octanol–water partition coefficient (Wildman–Crippen LogP) is 3.77. The number of pyridine rings is 1. The summed E-state index contributed by atoms with van der Waals surface area (Å²) in [7, 11) is -1.08. The van der Waals surface area contributed by atoms with Crippen LogP contribution in [-0.4, -0.2) is 29.4 Å². The Hall–Kier alpha value is -2.23. The second kappa shape index (κ2) is 6.11. The molecule has 0 N–H and O–H groups in total. The number of fused-ring (bicyclic) bond motifs is 3. The van der Waals surface area contributed by atoms with E-state index in [0.29, 0.717) is 12.3 Å². The molecule has 6 heteroatoms. The standard InChI is InChI=1S/C17H20N4OSi/c1-23(2,3)7-6-22-12-21-17-15-5-4-13(9-18)8-14(15)10-19-16(17)11-20-21/h4-5,8,10-11H,6-7,12H2,1-3H3. The van der Waals surface area contributed by atoms with E-state index < -0.39 is 8.07 Å². The molecule has 2 aromatic heterocycles. The Labute approximate surface area is 136 Å². The fourth-order valence-corrected chi connectivity index (χ4v) is 3.22. The van der Waals surface area contributed by atoms with Crippen LogP contribution in [0.1, 0.15) is 5.56 Å². The quantitative estimate of drug-likeness (QED) is 0.529. The van der Waals surface area contributed by atoms with Crippen LogP contribution in [0.25, 0.3) is 21.8 Å². The largest absolute Gasteiger partial charge is 0.360 e. The highest BCUT2D eigenvalue weighted by Crippen LogP contribution is 2.24. The second-order valence-corrected chi connectivity index (χ2v) is 12.5. The summed E-state index contributed by atoms with van der Waals surface area (Å²) in [5.41, 5.74) is 2.44. The molecule has 1 aromatic carbocycles. The summed E-state index contributed by atoms with van der Waals surface area (Å²) in [6, 6.07) is 8.93. The van der Waals surface area contributed by atoms with Gasteiger partial charge in [0.1, 0.15) is 12.2 Å².